The highest BCUT2D eigenvalue weighted by Gasteiger charge is 2.28. The van der Waals surface area contributed by atoms with E-state index in [0.717, 1.165) is 11.8 Å². The number of aliphatic carboxylic acids is 1. The minimum Gasteiger partial charge on any atom is -0.480 e. The van der Waals surface area contributed by atoms with Gasteiger partial charge in [-0.1, -0.05) is 11.6 Å². The predicted octanol–water partition coefficient (Wildman–Crippen LogP) is 2.87. The SMILES string of the molecule is CC(C)(SCC(=O)Nc1ccc(Cl)cc1)C(=O)O. The molecule has 0 atom stereocenters. The van der Waals surface area contributed by atoms with E-state index in [-0.39, 0.29) is 11.7 Å². The van der Waals surface area contributed by atoms with E-state index in [1.54, 1.807) is 38.1 Å². The first kappa shape index (κ1) is 14.9. The third-order valence-electron chi connectivity index (χ3n) is 2.21. The summed E-state index contributed by atoms with van der Waals surface area (Å²) in [4.78, 5) is 22.5. The second-order valence-corrected chi connectivity index (χ2v) is 6.19. The number of amides is 1. The maximum absolute atomic E-state index is 11.6. The van der Waals surface area contributed by atoms with Gasteiger partial charge in [0.15, 0.2) is 0 Å². The summed E-state index contributed by atoms with van der Waals surface area (Å²) in [5, 5.41) is 12.2. The zero-order valence-electron chi connectivity index (χ0n) is 10.1. The number of anilines is 1. The topological polar surface area (TPSA) is 66.4 Å². The number of halogens is 1. The molecule has 0 saturated carbocycles. The summed E-state index contributed by atoms with van der Waals surface area (Å²) in [6, 6.07) is 6.72. The zero-order valence-corrected chi connectivity index (χ0v) is 11.6. The van der Waals surface area contributed by atoms with Crippen molar-refractivity contribution in [3.05, 3.63) is 29.3 Å². The summed E-state index contributed by atoms with van der Waals surface area (Å²) in [5.41, 5.74) is 0.637. The van der Waals surface area contributed by atoms with Gasteiger partial charge in [-0.25, -0.2) is 0 Å². The fourth-order valence-electron chi connectivity index (χ4n) is 1.04. The summed E-state index contributed by atoms with van der Waals surface area (Å²) in [6.45, 7) is 3.13. The van der Waals surface area contributed by atoms with Crippen LogP contribution in [0.3, 0.4) is 0 Å². The molecule has 6 heteroatoms. The lowest BCUT2D eigenvalue weighted by molar-refractivity contribution is -0.138. The summed E-state index contributed by atoms with van der Waals surface area (Å²) in [6.07, 6.45) is 0. The fourth-order valence-corrected chi connectivity index (χ4v) is 1.85. The Morgan fingerprint density at radius 3 is 2.39 bits per heavy atom. The Bertz CT molecular complexity index is 445. The van der Waals surface area contributed by atoms with Crippen molar-refractivity contribution in [2.45, 2.75) is 18.6 Å². The van der Waals surface area contributed by atoms with Crippen LogP contribution < -0.4 is 5.32 Å². The van der Waals surface area contributed by atoms with Crippen molar-refractivity contribution in [2.75, 3.05) is 11.1 Å². The summed E-state index contributed by atoms with van der Waals surface area (Å²) in [5.74, 6) is -1.09. The largest absolute Gasteiger partial charge is 0.480 e. The quantitative estimate of drug-likeness (QED) is 0.874. The van der Waals surface area contributed by atoms with Crippen molar-refractivity contribution >= 4 is 40.9 Å². The first-order valence-corrected chi connectivity index (χ1v) is 6.60. The van der Waals surface area contributed by atoms with E-state index >= 15 is 0 Å². The van der Waals surface area contributed by atoms with Crippen molar-refractivity contribution in [1.29, 1.82) is 0 Å². The number of rotatable bonds is 5. The molecule has 2 N–H and O–H groups in total. The van der Waals surface area contributed by atoms with E-state index in [0.29, 0.717) is 10.7 Å². The lowest BCUT2D eigenvalue weighted by Gasteiger charge is -2.17. The molecule has 98 valence electrons. The highest BCUT2D eigenvalue weighted by atomic mass is 35.5. The normalized spacial score (nSPS) is 11.1. The van der Waals surface area contributed by atoms with Gasteiger partial charge >= 0.3 is 5.97 Å². The van der Waals surface area contributed by atoms with Crippen LogP contribution in [0.4, 0.5) is 5.69 Å². The van der Waals surface area contributed by atoms with Gasteiger partial charge in [-0.05, 0) is 38.1 Å². The minimum atomic E-state index is -0.975. The molecular weight excluding hydrogens is 274 g/mol. The highest BCUT2D eigenvalue weighted by molar-refractivity contribution is 8.02. The smallest absolute Gasteiger partial charge is 0.319 e. The van der Waals surface area contributed by atoms with E-state index in [4.69, 9.17) is 16.7 Å². The molecule has 0 bridgehead atoms. The second-order valence-electron chi connectivity index (χ2n) is 4.16. The number of carboxylic acids is 1. The van der Waals surface area contributed by atoms with E-state index in [2.05, 4.69) is 5.32 Å². The molecule has 0 aliphatic rings. The molecule has 0 aliphatic heterocycles. The summed E-state index contributed by atoms with van der Waals surface area (Å²) in [7, 11) is 0. The molecule has 0 aliphatic carbocycles. The number of nitrogens with one attached hydrogen (secondary N) is 1. The molecule has 0 saturated heterocycles. The van der Waals surface area contributed by atoms with Gasteiger partial charge in [0, 0.05) is 10.7 Å². The van der Waals surface area contributed by atoms with Crippen LogP contribution in [0, 0.1) is 0 Å². The van der Waals surface area contributed by atoms with Crippen molar-refractivity contribution in [2.24, 2.45) is 0 Å². The average molecular weight is 288 g/mol. The van der Waals surface area contributed by atoms with E-state index in [1.807, 2.05) is 0 Å². The molecule has 0 radical (unpaired) electrons. The van der Waals surface area contributed by atoms with Crippen molar-refractivity contribution in [3.63, 3.8) is 0 Å². The number of carboxylic acid groups (broad SMARTS) is 1. The van der Waals surface area contributed by atoms with Gasteiger partial charge in [-0.2, -0.15) is 0 Å². The molecule has 4 nitrogen and oxygen atoms in total. The van der Waals surface area contributed by atoms with Gasteiger partial charge in [0.25, 0.3) is 0 Å². The van der Waals surface area contributed by atoms with Crippen LogP contribution in [0.2, 0.25) is 5.02 Å². The Labute approximate surface area is 115 Å². The highest BCUT2D eigenvalue weighted by Crippen LogP contribution is 2.24. The van der Waals surface area contributed by atoms with Crippen molar-refractivity contribution in [3.8, 4) is 0 Å². The zero-order chi connectivity index (χ0) is 13.8. The Kier molecular flexibility index (Phi) is 5.04. The predicted molar refractivity (Wildman–Crippen MR) is 74.3 cm³/mol. The third kappa shape index (κ3) is 4.58. The van der Waals surface area contributed by atoms with Crippen LogP contribution in [0.5, 0.6) is 0 Å². The molecule has 1 aromatic carbocycles. The molecule has 0 unspecified atom stereocenters. The second kappa shape index (κ2) is 6.11. The number of carbonyl (C=O) groups excluding carboxylic acids is 1. The maximum atomic E-state index is 11.6. The Morgan fingerprint density at radius 1 is 1.33 bits per heavy atom. The Hall–Kier alpha value is -1.20. The van der Waals surface area contributed by atoms with E-state index < -0.39 is 10.7 Å². The van der Waals surface area contributed by atoms with Crippen molar-refractivity contribution < 1.29 is 14.7 Å². The number of thioether (sulfide) groups is 1. The van der Waals surface area contributed by atoms with Crippen LogP contribution >= 0.6 is 23.4 Å². The van der Waals surface area contributed by atoms with Crippen LogP contribution in [0.25, 0.3) is 0 Å². The van der Waals surface area contributed by atoms with Crippen LogP contribution in [0.1, 0.15) is 13.8 Å². The van der Waals surface area contributed by atoms with Gasteiger partial charge in [0.05, 0.1) is 5.75 Å². The molecule has 18 heavy (non-hydrogen) atoms. The number of benzene rings is 1. The van der Waals surface area contributed by atoms with Gasteiger partial charge in [0.1, 0.15) is 4.75 Å². The molecule has 0 spiro atoms. The molecule has 1 amide bonds. The van der Waals surface area contributed by atoms with Crippen LogP contribution in [-0.2, 0) is 9.59 Å². The van der Waals surface area contributed by atoms with Gasteiger partial charge < -0.3 is 10.4 Å². The Balaban J connectivity index is 2.48. The first-order valence-electron chi connectivity index (χ1n) is 5.24. The monoisotopic (exact) mass is 287 g/mol. The van der Waals surface area contributed by atoms with E-state index in [1.165, 1.54) is 0 Å². The van der Waals surface area contributed by atoms with Gasteiger partial charge in [-0.15, -0.1) is 11.8 Å². The standard InChI is InChI=1S/C12H14ClNO3S/c1-12(2,11(16)17)18-7-10(15)14-9-5-3-8(13)4-6-9/h3-6H,7H2,1-2H3,(H,14,15)(H,16,17). The maximum Gasteiger partial charge on any atom is 0.319 e. The summed E-state index contributed by atoms with van der Waals surface area (Å²) >= 11 is 6.80. The number of hydrogen-bond acceptors (Lipinski definition) is 3. The van der Waals surface area contributed by atoms with Gasteiger partial charge in [0.2, 0.25) is 5.91 Å². The lowest BCUT2D eigenvalue weighted by atomic mass is 10.2. The Morgan fingerprint density at radius 2 is 1.89 bits per heavy atom. The summed E-state index contributed by atoms with van der Waals surface area (Å²) < 4.78 is -0.975. The lowest BCUT2D eigenvalue weighted by Crippen LogP contribution is -2.29. The van der Waals surface area contributed by atoms with E-state index in [9.17, 15) is 9.59 Å². The van der Waals surface area contributed by atoms with Gasteiger partial charge in [-0.3, -0.25) is 9.59 Å². The fraction of sp³-hybridized carbons (Fsp3) is 0.333. The third-order valence-corrected chi connectivity index (χ3v) is 3.76. The van der Waals surface area contributed by atoms with Crippen LogP contribution in [-0.4, -0.2) is 27.5 Å². The van der Waals surface area contributed by atoms with Crippen molar-refractivity contribution in [1.82, 2.24) is 0 Å². The molecule has 0 aromatic heterocycles. The molecule has 0 fully saturated rings. The molecule has 0 heterocycles. The molecular formula is C12H14ClNO3S. The average Bonchev–Trinajstić information content (AvgIpc) is 2.29. The molecule has 1 rings (SSSR count). The van der Waals surface area contributed by atoms with Crippen LogP contribution in [0.15, 0.2) is 24.3 Å². The first-order chi connectivity index (χ1) is 8.31. The molecule has 1 aromatic rings. The minimum absolute atomic E-state index is 0.0852. The number of carbonyl (C=O) groups is 2. The number of hydrogen-bond donors (Lipinski definition) is 2.